The van der Waals surface area contributed by atoms with Crippen molar-refractivity contribution >= 4 is 17.2 Å². The molecule has 1 heterocycles. The lowest BCUT2D eigenvalue weighted by atomic mass is 10.1. The molecule has 0 N–H and O–H groups in total. The van der Waals surface area contributed by atoms with Crippen LogP contribution in [0.2, 0.25) is 0 Å². The van der Waals surface area contributed by atoms with E-state index in [-0.39, 0.29) is 5.91 Å². The van der Waals surface area contributed by atoms with Crippen molar-refractivity contribution in [3.8, 4) is 10.6 Å². The van der Waals surface area contributed by atoms with E-state index in [0.29, 0.717) is 6.42 Å². The van der Waals surface area contributed by atoms with Gasteiger partial charge in [0.15, 0.2) is 0 Å². The second-order valence-electron chi connectivity index (χ2n) is 5.54. The van der Waals surface area contributed by atoms with E-state index in [0.717, 1.165) is 42.1 Å². The molecule has 0 saturated carbocycles. The Morgan fingerprint density at radius 2 is 1.95 bits per heavy atom. The first-order chi connectivity index (χ1) is 10.6. The molecule has 2 aromatic rings. The second kappa shape index (κ2) is 8.08. The van der Waals surface area contributed by atoms with Crippen LogP contribution in [0.4, 0.5) is 0 Å². The second-order valence-corrected chi connectivity index (χ2v) is 6.40. The number of thiazole rings is 1. The SMILES string of the molecule is CCCCN(C)C(=O)Cc1csc(-c2ccc(CC)cc2)n1. The van der Waals surface area contributed by atoms with Crippen molar-refractivity contribution in [1.29, 1.82) is 0 Å². The molecule has 3 nitrogen and oxygen atoms in total. The van der Waals surface area contributed by atoms with Crippen molar-refractivity contribution in [2.45, 2.75) is 39.5 Å². The lowest BCUT2D eigenvalue weighted by molar-refractivity contribution is -0.129. The number of amides is 1. The Morgan fingerprint density at radius 1 is 1.23 bits per heavy atom. The summed E-state index contributed by atoms with van der Waals surface area (Å²) in [7, 11) is 1.87. The van der Waals surface area contributed by atoms with Crippen molar-refractivity contribution in [3.63, 3.8) is 0 Å². The van der Waals surface area contributed by atoms with Gasteiger partial charge in [-0.1, -0.05) is 44.5 Å². The zero-order valence-electron chi connectivity index (χ0n) is 13.6. The number of benzene rings is 1. The minimum Gasteiger partial charge on any atom is -0.345 e. The molecule has 2 rings (SSSR count). The molecule has 0 aliphatic heterocycles. The lowest BCUT2D eigenvalue weighted by Gasteiger charge is -2.15. The van der Waals surface area contributed by atoms with Gasteiger partial charge >= 0.3 is 0 Å². The van der Waals surface area contributed by atoms with Gasteiger partial charge in [-0.05, 0) is 18.4 Å². The number of likely N-dealkylation sites (N-methyl/N-ethyl adjacent to an activating group) is 1. The van der Waals surface area contributed by atoms with Gasteiger partial charge < -0.3 is 4.90 Å². The van der Waals surface area contributed by atoms with Crippen LogP contribution in [0.5, 0.6) is 0 Å². The first-order valence-electron chi connectivity index (χ1n) is 7.91. The fourth-order valence-electron chi connectivity index (χ4n) is 2.21. The summed E-state index contributed by atoms with van der Waals surface area (Å²) >= 11 is 1.61. The van der Waals surface area contributed by atoms with Gasteiger partial charge in [-0.2, -0.15) is 0 Å². The highest BCUT2D eigenvalue weighted by Gasteiger charge is 2.12. The normalized spacial score (nSPS) is 10.7. The van der Waals surface area contributed by atoms with Crippen molar-refractivity contribution in [2.75, 3.05) is 13.6 Å². The van der Waals surface area contributed by atoms with Crippen LogP contribution >= 0.6 is 11.3 Å². The summed E-state index contributed by atoms with van der Waals surface area (Å²) in [5.74, 6) is 0.145. The summed E-state index contributed by atoms with van der Waals surface area (Å²) in [6.45, 7) is 5.11. The number of carbonyl (C=O) groups excluding carboxylic acids is 1. The molecule has 0 radical (unpaired) electrons. The molecule has 4 heteroatoms. The largest absolute Gasteiger partial charge is 0.345 e. The van der Waals surface area contributed by atoms with E-state index in [9.17, 15) is 4.79 Å². The molecule has 118 valence electrons. The summed E-state index contributed by atoms with van der Waals surface area (Å²) < 4.78 is 0. The van der Waals surface area contributed by atoms with E-state index in [2.05, 4.69) is 43.1 Å². The molecule has 0 aliphatic rings. The number of hydrogen-bond donors (Lipinski definition) is 0. The van der Waals surface area contributed by atoms with E-state index in [1.54, 1.807) is 16.2 Å². The van der Waals surface area contributed by atoms with Gasteiger partial charge in [0, 0.05) is 24.5 Å². The number of carbonyl (C=O) groups is 1. The predicted molar refractivity (Wildman–Crippen MR) is 93.2 cm³/mol. The van der Waals surface area contributed by atoms with Gasteiger partial charge in [-0.25, -0.2) is 4.98 Å². The Hall–Kier alpha value is -1.68. The smallest absolute Gasteiger partial charge is 0.228 e. The number of aryl methyl sites for hydroxylation is 1. The van der Waals surface area contributed by atoms with E-state index in [1.165, 1.54) is 5.56 Å². The van der Waals surface area contributed by atoms with Crippen LogP contribution in [0.3, 0.4) is 0 Å². The van der Waals surface area contributed by atoms with E-state index in [4.69, 9.17) is 0 Å². The minimum atomic E-state index is 0.145. The van der Waals surface area contributed by atoms with E-state index < -0.39 is 0 Å². The molecular formula is C18H24N2OS. The number of hydrogen-bond acceptors (Lipinski definition) is 3. The van der Waals surface area contributed by atoms with Crippen molar-refractivity contribution in [2.24, 2.45) is 0 Å². The zero-order valence-corrected chi connectivity index (χ0v) is 14.4. The number of unbranched alkanes of at least 4 members (excludes halogenated alkanes) is 1. The Labute approximate surface area is 137 Å². The summed E-state index contributed by atoms with van der Waals surface area (Å²) in [6, 6.07) is 8.49. The fourth-order valence-corrected chi connectivity index (χ4v) is 3.04. The molecular weight excluding hydrogens is 292 g/mol. The predicted octanol–water partition coefficient (Wildman–Crippen LogP) is 4.17. The quantitative estimate of drug-likeness (QED) is 0.768. The molecule has 1 aromatic carbocycles. The summed E-state index contributed by atoms with van der Waals surface area (Å²) in [4.78, 5) is 18.6. The Bertz CT molecular complexity index is 604. The summed E-state index contributed by atoms with van der Waals surface area (Å²) in [5, 5.41) is 2.98. The fraction of sp³-hybridized carbons (Fsp3) is 0.444. The van der Waals surface area contributed by atoms with Gasteiger partial charge in [0.2, 0.25) is 5.91 Å². The van der Waals surface area contributed by atoms with Gasteiger partial charge in [-0.15, -0.1) is 11.3 Å². The molecule has 1 amide bonds. The number of rotatable bonds is 7. The molecule has 0 bridgehead atoms. The minimum absolute atomic E-state index is 0.145. The molecule has 1 aromatic heterocycles. The Balaban J connectivity index is 2.00. The third kappa shape index (κ3) is 4.41. The molecule has 0 aliphatic carbocycles. The highest BCUT2D eigenvalue weighted by Crippen LogP contribution is 2.24. The molecule has 0 unspecified atom stereocenters. The van der Waals surface area contributed by atoms with Gasteiger partial charge in [0.05, 0.1) is 12.1 Å². The third-order valence-electron chi connectivity index (χ3n) is 3.77. The maximum atomic E-state index is 12.1. The van der Waals surface area contributed by atoms with Crippen LogP contribution in [-0.2, 0) is 17.6 Å². The monoisotopic (exact) mass is 316 g/mol. The van der Waals surface area contributed by atoms with E-state index in [1.807, 2.05) is 12.4 Å². The van der Waals surface area contributed by atoms with Crippen LogP contribution < -0.4 is 0 Å². The maximum absolute atomic E-state index is 12.1. The van der Waals surface area contributed by atoms with Gasteiger partial charge in [0.25, 0.3) is 0 Å². The highest BCUT2D eigenvalue weighted by molar-refractivity contribution is 7.13. The average Bonchev–Trinajstić information content (AvgIpc) is 3.01. The van der Waals surface area contributed by atoms with Crippen LogP contribution in [0, 0.1) is 0 Å². The summed E-state index contributed by atoms with van der Waals surface area (Å²) in [6.07, 6.45) is 3.59. The highest BCUT2D eigenvalue weighted by atomic mass is 32.1. The van der Waals surface area contributed by atoms with Crippen LogP contribution in [0.1, 0.15) is 37.9 Å². The van der Waals surface area contributed by atoms with Crippen molar-refractivity contribution < 1.29 is 4.79 Å². The molecule has 0 spiro atoms. The Kier molecular flexibility index (Phi) is 6.13. The standard InChI is InChI=1S/C18H24N2OS/c1-4-6-11-20(3)17(21)12-16-13-22-18(19-16)15-9-7-14(5-2)8-10-15/h7-10,13H,4-6,11-12H2,1-3H3. The average molecular weight is 316 g/mol. The van der Waals surface area contributed by atoms with Crippen molar-refractivity contribution in [3.05, 3.63) is 40.9 Å². The third-order valence-corrected chi connectivity index (χ3v) is 4.71. The number of nitrogens with zero attached hydrogens (tertiary/aromatic N) is 2. The zero-order chi connectivity index (χ0) is 15.9. The van der Waals surface area contributed by atoms with Gasteiger partial charge in [0.1, 0.15) is 5.01 Å². The van der Waals surface area contributed by atoms with Crippen LogP contribution in [-0.4, -0.2) is 29.4 Å². The van der Waals surface area contributed by atoms with Crippen molar-refractivity contribution in [1.82, 2.24) is 9.88 Å². The first kappa shape index (κ1) is 16.7. The van der Waals surface area contributed by atoms with Crippen LogP contribution in [0.25, 0.3) is 10.6 Å². The molecule has 0 saturated heterocycles. The number of aromatic nitrogens is 1. The van der Waals surface area contributed by atoms with Gasteiger partial charge in [-0.3, -0.25) is 4.79 Å². The molecule has 0 atom stereocenters. The van der Waals surface area contributed by atoms with E-state index >= 15 is 0 Å². The molecule has 0 fully saturated rings. The molecule has 22 heavy (non-hydrogen) atoms. The topological polar surface area (TPSA) is 33.2 Å². The first-order valence-corrected chi connectivity index (χ1v) is 8.79. The Morgan fingerprint density at radius 3 is 2.59 bits per heavy atom. The maximum Gasteiger partial charge on any atom is 0.228 e. The summed E-state index contributed by atoms with van der Waals surface area (Å²) in [5.41, 5.74) is 3.32. The lowest BCUT2D eigenvalue weighted by Crippen LogP contribution is -2.29. The van der Waals surface area contributed by atoms with Crippen LogP contribution in [0.15, 0.2) is 29.6 Å².